The van der Waals surface area contributed by atoms with Crippen LogP contribution in [0.25, 0.3) is 0 Å². The van der Waals surface area contributed by atoms with E-state index in [1.807, 2.05) is 0 Å². The molecule has 5 heteroatoms. The van der Waals surface area contributed by atoms with Crippen LogP contribution in [0.4, 0.5) is 4.39 Å². The highest BCUT2D eigenvalue weighted by Crippen LogP contribution is 2.23. The van der Waals surface area contributed by atoms with Crippen molar-refractivity contribution in [3.05, 3.63) is 34.6 Å². The Morgan fingerprint density at radius 3 is 2.75 bits per heavy atom. The summed E-state index contributed by atoms with van der Waals surface area (Å²) in [7, 11) is 3.39. The van der Waals surface area contributed by atoms with Gasteiger partial charge in [-0.25, -0.2) is 4.39 Å². The number of rotatable bonds is 4. The molecule has 0 fully saturated rings. The molecule has 0 unspecified atom stereocenters. The van der Waals surface area contributed by atoms with Crippen molar-refractivity contribution >= 4 is 29.3 Å². The van der Waals surface area contributed by atoms with Crippen LogP contribution in [0, 0.1) is 5.82 Å². The van der Waals surface area contributed by atoms with Crippen molar-refractivity contribution in [2.75, 3.05) is 19.8 Å². The van der Waals surface area contributed by atoms with Crippen molar-refractivity contribution in [2.24, 2.45) is 0 Å². The van der Waals surface area contributed by atoms with Gasteiger partial charge in [0.2, 0.25) is 5.91 Å². The van der Waals surface area contributed by atoms with Crippen LogP contribution < -0.4 is 0 Å². The van der Waals surface area contributed by atoms with Gasteiger partial charge in [0.15, 0.2) is 0 Å². The molecule has 0 radical (unpaired) electrons. The van der Waals surface area contributed by atoms with Crippen LogP contribution in [0.1, 0.15) is 5.56 Å². The Hall–Kier alpha value is -0.740. The van der Waals surface area contributed by atoms with E-state index in [4.69, 9.17) is 11.6 Å². The SMILES string of the molecule is CN(C)C(=O)CSCc1c(F)cccc1Cl. The number of hydrogen-bond acceptors (Lipinski definition) is 2. The van der Waals surface area contributed by atoms with Crippen molar-refractivity contribution in [1.82, 2.24) is 4.90 Å². The quantitative estimate of drug-likeness (QED) is 0.831. The summed E-state index contributed by atoms with van der Waals surface area (Å²) >= 11 is 7.21. The van der Waals surface area contributed by atoms with Crippen molar-refractivity contribution < 1.29 is 9.18 Å². The fourth-order valence-electron chi connectivity index (χ4n) is 1.04. The minimum Gasteiger partial charge on any atom is -0.348 e. The molecular formula is C11H13ClFNOS. The van der Waals surface area contributed by atoms with Gasteiger partial charge in [-0.1, -0.05) is 17.7 Å². The van der Waals surface area contributed by atoms with Crippen LogP contribution in [0.15, 0.2) is 18.2 Å². The minimum atomic E-state index is -0.322. The molecule has 0 aliphatic heterocycles. The summed E-state index contributed by atoms with van der Waals surface area (Å²) in [6.45, 7) is 0. The van der Waals surface area contributed by atoms with Gasteiger partial charge < -0.3 is 4.90 Å². The van der Waals surface area contributed by atoms with Crippen LogP contribution in [0.2, 0.25) is 5.02 Å². The monoisotopic (exact) mass is 261 g/mol. The molecule has 88 valence electrons. The molecule has 0 saturated heterocycles. The minimum absolute atomic E-state index is 0.0115. The number of halogens is 2. The Morgan fingerprint density at radius 1 is 1.50 bits per heavy atom. The van der Waals surface area contributed by atoms with Gasteiger partial charge in [0, 0.05) is 30.4 Å². The van der Waals surface area contributed by atoms with E-state index in [0.29, 0.717) is 22.1 Å². The summed E-state index contributed by atoms with van der Waals surface area (Å²) in [4.78, 5) is 12.8. The zero-order chi connectivity index (χ0) is 12.1. The molecule has 1 aromatic carbocycles. The standard InChI is InChI=1S/C11H13ClFNOS/c1-14(2)11(15)7-16-6-8-9(12)4-3-5-10(8)13/h3-5H,6-7H2,1-2H3. The van der Waals surface area contributed by atoms with Gasteiger partial charge in [-0.15, -0.1) is 11.8 Å². The van der Waals surface area contributed by atoms with Gasteiger partial charge in [-0.3, -0.25) is 4.79 Å². The second-order valence-electron chi connectivity index (χ2n) is 3.48. The zero-order valence-corrected chi connectivity index (χ0v) is 10.7. The van der Waals surface area contributed by atoms with E-state index in [2.05, 4.69) is 0 Å². The molecule has 0 N–H and O–H groups in total. The Morgan fingerprint density at radius 2 is 2.19 bits per heavy atom. The number of benzene rings is 1. The third kappa shape index (κ3) is 3.68. The summed E-state index contributed by atoms with van der Waals surface area (Å²) in [6, 6.07) is 4.58. The molecule has 0 heterocycles. The first-order valence-electron chi connectivity index (χ1n) is 4.73. The van der Waals surface area contributed by atoms with E-state index in [1.54, 1.807) is 26.2 Å². The van der Waals surface area contributed by atoms with E-state index in [-0.39, 0.29) is 11.7 Å². The van der Waals surface area contributed by atoms with E-state index >= 15 is 0 Å². The van der Waals surface area contributed by atoms with Crippen molar-refractivity contribution in [3.8, 4) is 0 Å². The predicted octanol–water partition coefficient (Wildman–Crippen LogP) is 2.80. The number of nitrogens with zero attached hydrogens (tertiary/aromatic N) is 1. The average molecular weight is 262 g/mol. The fraction of sp³-hybridized carbons (Fsp3) is 0.364. The number of hydrogen-bond donors (Lipinski definition) is 0. The number of carbonyl (C=O) groups excluding carboxylic acids is 1. The lowest BCUT2D eigenvalue weighted by Gasteiger charge is -2.10. The normalized spacial score (nSPS) is 10.2. The van der Waals surface area contributed by atoms with Crippen LogP contribution in [0.5, 0.6) is 0 Å². The maximum atomic E-state index is 13.3. The maximum Gasteiger partial charge on any atom is 0.232 e. The lowest BCUT2D eigenvalue weighted by molar-refractivity contribution is -0.125. The van der Waals surface area contributed by atoms with Crippen LogP contribution in [0.3, 0.4) is 0 Å². The van der Waals surface area contributed by atoms with Gasteiger partial charge >= 0.3 is 0 Å². The van der Waals surface area contributed by atoms with Crippen LogP contribution in [-0.2, 0) is 10.5 Å². The predicted molar refractivity (Wildman–Crippen MR) is 66.3 cm³/mol. The van der Waals surface area contributed by atoms with E-state index < -0.39 is 0 Å². The molecule has 0 aromatic heterocycles. The van der Waals surface area contributed by atoms with Crippen molar-refractivity contribution in [3.63, 3.8) is 0 Å². The highest BCUT2D eigenvalue weighted by molar-refractivity contribution is 7.99. The lowest BCUT2D eigenvalue weighted by atomic mass is 10.2. The summed E-state index contributed by atoms with van der Waals surface area (Å²) in [5.74, 6) is 0.428. The van der Waals surface area contributed by atoms with Gasteiger partial charge in [-0.2, -0.15) is 0 Å². The molecule has 2 nitrogen and oxygen atoms in total. The number of amides is 1. The van der Waals surface area contributed by atoms with Crippen LogP contribution in [-0.4, -0.2) is 30.7 Å². The van der Waals surface area contributed by atoms with E-state index in [9.17, 15) is 9.18 Å². The Labute approximate surface area is 104 Å². The van der Waals surface area contributed by atoms with Crippen molar-refractivity contribution in [1.29, 1.82) is 0 Å². The summed E-state index contributed by atoms with van der Waals surface area (Å²) in [5.41, 5.74) is 0.459. The van der Waals surface area contributed by atoms with Gasteiger partial charge in [0.05, 0.1) is 5.75 Å². The molecule has 16 heavy (non-hydrogen) atoms. The Bertz CT molecular complexity index is 364. The molecule has 0 aliphatic carbocycles. The lowest BCUT2D eigenvalue weighted by Crippen LogP contribution is -2.23. The first-order chi connectivity index (χ1) is 7.52. The molecule has 1 amide bonds. The molecule has 0 bridgehead atoms. The van der Waals surface area contributed by atoms with Gasteiger partial charge in [-0.05, 0) is 12.1 Å². The van der Waals surface area contributed by atoms with Crippen molar-refractivity contribution in [2.45, 2.75) is 5.75 Å². The zero-order valence-electron chi connectivity index (χ0n) is 9.17. The number of thioether (sulfide) groups is 1. The fourth-order valence-corrected chi connectivity index (χ4v) is 2.38. The molecular weight excluding hydrogens is 249 g/mol. The molecule has 1 aromatic rings. The third-order valence-electron chi connectivity index (χ3n) is 2.03. The first kappa shape index (κ1) is 13.3. The van der Waals surface area contributed by atoms with E-state index in [0.717, 1.165) is 0 Å². The summed E-state index contributed by atoms with van der Waals surface area (Å²) < 4.78 is 13.3. The highest BCUT2D eigenvalue weighted by Gasteiger charge is 2.09. The van der Waals surface area contributed by atoms with Crippen LogP contribution >= 0.6 is 23.4 Å². The smallest absolute Gasteiger partial charge is 0.232 e. The van der Waals surface area contributed by atoms with E-state index in [1.165, 1.54) is 22.7 Å². The maximum absolute atomic E-state index is 13.3. The Kier molecular flexibility index (Phi) is 5.09. The first-order valence-corrected chi connectivity index (χ1v) is 6.26. The molecule has 0 aliphatic rings. The second-order valence-corrected chi connectivity index (χ2v) is 4.87. The summed E-state index contributed by atoms with van der Waals surface area (Å²) in [5, 5.41) is 0.407. The molecule has 0 spiro atoms. The molecule has 0 atom stereocenters. The average Bonchev–Trinajstić information content (AvgIpc) is 2.22. The largest absolute Gasteiger partial charge is 0.348 e. The number of carbonyl (C=O) groups is 1. The highest BCUT2D eigenvalue weighted by atomic mass is 35.5. The third-order valence-corrected chi connectivity index (χ3v) is 3.33. The second kappa shape index (κ2) is 6.11. The van der Waals surface area contributed by atoms with Gasteiger partial charge in [0.25, 0.3) is 0 Å². The Balaban J connectivity index is 2.52. The topological polar surface area (TPSA) is 20.3 Å². The van der Waals surface area contributed by atoms with Gasteiger partial charge in [0.1, 0.15) is 5.82 Å². The molecule has 0 saturated carbocycles. The molecule has 1 rings (SSSR count). The summed E-state index contributed by atoms with van der Waals surface area (Å²) in [6.07, 6.45) is 0.